The standard InChI is InChI=1S/C16H17N3O5S/c1-12-2-5-14(6-3-12)25(23,24)18-9-8-17-11-13-4-7-16(20)15(10-13)19(21)22/h2-7,10-11,18,20H,8-9H2,1H3. The second-order valence-corrected chi connectivity index (χ2v) is 7.02. The number of phenolic OH excluding ortho intramolecular Hbond substituents is 1. The Morgan fingerprint density at radius 2 is 1.92 bits per heavy atom. The third kappa shape index (κ3) is 5.10. The minimum absolute atomic E-state index is 0.0902. The maximum Gasteiger partial charge on any atom is 0.311 e. The van der Waals surface area contributed by atoms with Gasteiger partial charge in [-0.1, -0.05) is 17.7 Å². The molecule has 2 aromatic carbocycles. The van der Waals surface area contributed by atoms with Gasteiger partial charge >= 0.3 is 5.69 Å². The van der Waals surface area contributed by atoms with Crippen LogP contribution >= 0.6 is 0 Å². The summed E-state index contributed by atoms with van der Waals surface area (Å²) in [5, 5.41) is 20.1. The molecule has 2 rings (SSSR count). The van der Waals surface area contributed by atoms with Crippen LogP contribution in [-0.4, -0.2) is 37.8 Å². The molecule has 0 aliphatic heterocycles. The van der Waals surface area contributed by atoms with Gasteiger partial charge in [-0.25, -0.2) is 13.1 Å². The molecular formula is C16H17N3O5S. The highest BCUT2D eigenvalue weighted by Gasteiger charge is 2.13. The van der Waals surface area contributed by atoms with Crippen LogP contribution < -0.4 is 4.72 Å². The highest BCUT2D eigenvalue weighted by atomic mass is 32.2. The summed E-state index contributed by atoms with van der Waals surface area (Å²) < 4.78 is 26.6. The van der Waals surface area contributed by atoms with Crippen molar-refractivity contribution < 1.29 is 18.4 Å². The topological polar surface area (TPSA) is 122 Å². The van der Waals surface area contributed by atoms with Crippen LogP contribution in [0.4, 0.5) is 5.69 Å². The third-order valence-electron chi connectivity index (χ3n) is 3.30. The van der Waals surface area contributed by atoms with Crippen LogP contribution in [-0.2, 0) is 10.0 Å². The summed E-state index contributed by atoms with van der Waals surface area (Å²) in [6, 6.07) is 10.3. The molecule has 9 heteroatoms. The van der Waals surface area contributed by atoms with E-state index >= 15 is 0 Å². The van der Waals surface area contributed by atoms with Crippen LogP contribution in [0.15, 0.2) is 52.4 Å². The second kappa shape index (κ2) is 7.86. The van der Waals surface area contributed by atoms with Gasteiger partial charge in [-0.15, -0.1) is 0 Å². The molecule has 0 unspecified atom stereocenters. The zero-order chi connectivity index (χ0) is 18.4. The van der Waals surface area contributed by atoms with E-state index in [2.05, 4.69) is 9.71 Å². The van der Waals surface area contributed by atoms with E-state index in [9.17, 15) is 23.6 Å². The zero-order valence-electron chi connectivity index (χ0n) is 13.4. The Balaban J connectivity index is 1.92. The SMILES string of the molecule is Cc1ccc(S(=O)(=O)NCCN=Cc2ccc(O)c([N+](=O)[O-])c2)cc1. The first-order valence-electron chi connectivity index (χ1n) is 7.33. The number of sulfonamides is 1. The molecule has 0 atom stereocenters. The first-order valence-corrected chi connectivity index (χ1v) is 8.81. The van der Waals surface area contributed by atoms with Crippen molar-refractivity contribution in [2.45, 2.75) is 11.8 Å². The first-order chi connectivity index (χ1) is 11.8. The van der Waals surface area contributed by atoms with Gasteiger partial charge in [0.1, 0.15) is 0 Å². The van der Waals surface area contributed by atoms with Crippen molar-refractivity contribution in [3.8, 4) is 5.75 Å². The molecule has 0 aliphatic carbocycles. The summed E-state index contributed by atoms with van der Waals surface area (Å²) in [6.45, 7) is 2.12. The number of nitro benzene ring substituents is 1. The number of aromatic hydroxyl groups is 1. The summed E-state index contributed by atoms with van der Waals surface area (Å²) in [4.78, 5) is 14.3. The van der Waals surface area contributed by atoms with Crippen LogP contribution in [0.25, 0.3) is 0 Å². The van der Waals surface area contributed by atoms with E-state index < -0.39 is 26.4 Å². The Hall–Kier alpha value is -2.78. The fourth-order valence-electron chi connectivity index (χ4n) is 1.98. The summed E-state index contributed by atoms with van der Waals surface area (Å²) in [5.41, 5.74) is 0.987. The number of hydrogen-bond acceptors (Lipinski definition) is 6. The smallest absolute Gasteiger partial charge is 0.311 e. The van der Waals surface area contributed by atoms with Gasteiger partial charge in [0.2, 0.25) is 10.0 Å². The monoisotopic (exact) mass is 363 g/mol. The van der Waals surface area contributed by atoms with Crippen LogP contribution in [0.5, 0.6) is 5.75 Å². The van der Waals surface area contributed by atoms with Crippen molar-refractivity contribution in [3.05, 3.63) is 63.7 Å². The molecule has 0 aromatic heterocycles. The molecule has 0 fully saturated rings. The minimum Gasteiger partial charge on any atom is -0.502 e. The molecular weight excluding hydrogens is 346 g/mol. The lowest BCUT2D eigenvalue weighted by Crippen LogP contribution is -2.26. The molecule has 2 N–H and O–H groups in total. The van der Waals surface area contributed by atoms with Gasteiger partial charge in [-0.2, -0.15) is 0 Å². The number of nitro groups is 1. The van der Waals surface area contributed by atoms with Crippen molar-refractivity contribution in [1.29, 1.82) is 0 Å². The molecule has 132 valence electrons. The Kier molecular flexibility index (Phi) is 5.84. The molecule has 0 spiro atoms. The van der Waals surface area contributed by atoms with E-state index in [4.69, 9.17) is 0 Å². The lowest BCUT2D eigenvalue weighted by Gasteiger charge is -2.05. The van der Waals surface area contributed by atoms with E-state index in [-0.39, 0.29) is 18.0 Å². The molecule has 0 aliphatic rings. The summed E-state index contributed by atoms with van der Waals surface area (Å²) in [5.74, 6) is -0.423. The number of aryl methyl sites for hydroxylation is 1. The molecule has 0 radical (unpaired) electrons. The first kappa shape index (κ1) is 18.6. The maximum atomic E-state index is 12.1. The van der Waals surface area contributed by atoms with Crippen molar-refractivity contribution in [2.75, 3.05) is 13.1 Å². The number of nitrogens with one attached hydrogen (secondary N) is 1. The van der Waals surface area contributed by atoms with Gasteiger partial charge in [-0.05, 0) is 36.8 Å². The van der Waals surface area contributed by atoms with E-state index in [0.29, 0.717) is 5.56 Å². The van der Waals surface area contributed by atoms with Gasteiger partial charge in [-0.3, -0.25) is 15.1 Å². The Labute approximate surface area is 145 Å². The predicted octanol–water partition coefficient (Wildman–Crippen LogP) is 2.01. The Morgan fingerprint density at radius 3 is 2.56 bits per heavy atom. The van der Waals surface area contributed by atoms with Gasteiger partial charge in [0, 0.05) is 18.8 Å². The molecule has 0 saturated heterocycles. The number of hydrogen-bond donors (Lipinski definition) is 2. The van der Waals surface area contributed by atoms with Crippen LogP contribution in [0.1, 0.15) is 11.1 Å². The average Bonchev–Trinajstić information content (AvgIpc) is 2.56. The maximum absolute atomic E-state index is 12.1. The highest BCUT2D eigenvalue weighted by molar-refractivity contribution is 7.89. The summed E-state index contributed by atoms with van der Waals surface area (Å²) >= 11 is 0. The summed E-state index contributed by atoms with van der Waals surface area (Å²) in [7, 11) is -3.59. The van der Waals surface area contributed by atoms with E-state index in [1.54, 1.807) is 12.1 Å². The quantitative estimate of drug-likeness (QED) is 0.337. The number of aliphatic imine (C=N–C) groups is 1. The highest BCUT2D eigenvalue weighted by Crippen LogP contribution is 2.25. The van der Waals surface area contributed by atoms with Crippen LogP contribution in [0.2, 0.25) is 0 Å². The minimum atomic E-state index is -3.59. The van der Waals surface area contributed by atoms with Gasteiger partial charge in [0.15, 0.2) is 5.75 Å². The van der Waals surface area contributed by atoms with Crippen LogP contribution in [0, 0.1) is 17.0 Å². The number of benzene rings is 2. The molecule has 0 saturated carbocycles. The Morgan fingerprint density at radius 1 is 1.24 bits per heavy atom. The number of nitrogens with zero attached hydrogens (tertiary/aromatic N) is 2. The van der Waals surface area contributed by atoms with Crippen molar-refractivity contribution in [1.82, 2.24) is 4.72 Å². The lowest BCUT2D eigenvalue weighted by atomic mass is 10.2. The summed E-state index contributed by atoms with van der Waals surface area (Å²) in [6.07, 6.45) is 1.38. The molecule has 25 heavy (non-hydrogen) atoms. The largest absolute Gasteiger partial charge is 0.502 e. The molecule has 8 nitrogen and oxygen atoms in total. The third-order valence-corrected chi connectivity index (χ3v) is 4.78. The van der Waals surface area contributed by atoms with Crippen molar-refractivity contribution in [3.63, 3.8) is 0 Å². The van der Waals surface area contributed by atoms with E-state index in [1.807, 2.05) is 6.92 Å². The fraction of sp³-hybridized carbons (Fsp3) is 0.188. The van der Waals surface area contributed by atoms with Gasteiger partial charge in [0.25, 0.3) is 0 Å². The number of rotatable bonds is 7. The van der Waals surface area contributed by atoms with Gasteiger partial charge < -0.3 is 5.11 Å². The molecule has 0 heterocycles. The average molecular weight is 363 g/mol. The zero-order valence-corrected chi connectivity index (χ0v) is 14.2. The second-order valence-electron chi connectivity index (χ2n) is 5.25. The van der Waals surface area contributed by atoms with E-state index in [1.165, 1.54) is 36.5 Å². The normalized spacial score (nSPS) is 11.7. The predicted molar refractivity (Wildman–Crippen MR) is 93.6 cm³/mol. The Bertz CT molecular complexity index is 892. The molecule has 0 bridgehead atoms. The number of phenols is 1. The van der Waals surface area contributed by atoms with E-state index in [0.717, 1.165) is 5.56 Å². The van der Waals surface area contributed by atoms with Crippen molar-refractivity contribution in [2.24, 2.45) is 4.99 Å². The molecule has 2 aromatic rings. The van der Waals surface area contributed by atoms with Crippen LogP contribution in [0.3, 0.4) is 0 Å². The van der Waals surface area contributed by atoms with Gasteiger partial charge in [0.05, 0.1) is 16.4 Å². The van der Waals surface area contributed by atoms with Crippen molar-refractivity contribution >= 4 is 21.9 Å². The fourth-order valence-corrected chi connectivity index (χ4v) is 3.00. The lowest BCUT2D eigenvalue weighted by molar-refractivity contribution is -0.385. The molecule has 0 amide bonds.